The standard InChI is InChI=1S/C17H13F2NO/c1-21-12-7-8-13-14(17(18)19)10-15(20-16(13)9-12)11-5-3-2-4-6-11/h2-10,17H,1H3. The molecule has 0 fully saturated rings. The molecular weight excluding hydrogens is 272 g/mol. The minimum atomic E-state index is -2.55. The topological polar surface area (TPSA) is 22.1 Å². The van der Waals surface area contributed by atoms with Gasteiger partial charge in [0.1, 0.15) is 5.75 Å². The predicted octanol–water partition coefficient (Wildman–Crippen LogP) is 4.85. The summed E-state index contributed by atoms with van der Waals surface area (Å²) in [4.78, 5) is 4.48. The highest BCUT2D eigenvalue weighted by Crippen LogP contribution is 2.32. The molecule has 0 aliphatic carbocycles. The van der Waals surface area contributed by atoms with Gasteiger partial charge in [0, 0.05) is 22.6 Å². The van der Waals surface area contributed by atoms with Gasteiger partial charge in [-0.15, -0.1) is 0 Å². The molecule has 0 amide bonds. The van der Waals surface area contributed by atoms with Gasteiger partial charge in [-0.25, -0.2) is 13.8 Å². The first-order valence-corrected chi connectivity index (χ1v) is 6.51. The number of rotatable bonds is 3. The molecule has 0 saturated heterocycles. The molecule has 2 nitrogen and oxygen atoms in total. The van der Waals surface area contributed by atoms with Gasteiger partial charge in [0.05, 0.1) is 18.3 Å². The molecule has 21 heavy (non-hydrogen) atoms. The fraction of sp³-hybridized carbons (Fsp3) is 0.118. The fourth-order valence-electron chi connectivity index (χ4n) is 2.30. The highest BCUT2D eigenvalue weighted by atomic mass is 19.3. The molecule has 0 aliphatic rings. The number of aromatic nitrogens is 1. The van der Waals surface area contributed by atoms with Crippen molar-refractivity contribution in [2.45, 2.75) is 6.43 Å². The summed E-state index contributed by atoms with van der Waals surface area (Å²) >= 11 is 0. The van der Waals surface area contributed by atoms with Crippen molar-refractivity contribution >= 4 is 10.9 Å². The summed E-state index contributed by atoms with van der Waals surface area (Å²) in [6.45, 7) is 0. The second kappa shape index (κ2) is 5.48. The number of hydrogen-bond donors (Lipinski definition) is 0. The zero-order valence-electron chi connectivity index (χ0n) is 11.4. The Morgan fingerprint density at radius 3 is 2.43 bits per heavy atom. The average molecular weight is 285 g/mol. The molecule has 0 radical (unpaired) electrons. The molecule has 4 heteroatoms. The smallest absolute Gasteiger partial charge is 0.264 e. The number of ether oxygens (including phenoxy) is 1. The predicted molar refractivity (Wildman–Crippen MR) is 78.7 cm³/mol. The van der Waals surface area contributed by atoms with E-state index in [2.05, 4.69) is 4.98 Å². The number of fused-ring (bicyclic) bond motifs is 1. The van der Waals surface area contributed by atoms with Crippen LogP contribution in [0.1, 0.15) is 12.0 Å². The van der Waals surface area contributed by atoms with E-state index in [1.165, 1.54) is 13.2 Å². The monoisotopic (exact) mass is 285 g/mol. The van der Waals surface area contributed by atoms with Crippen LogP contribution in [0.5, 0.6) is 5.75 Å². The van der Waals surface area contributed by atoms with Gasteiger partial charge in [-0.2, -0.15) is 0 Å². The van der Waals surface area contributed by atoms with Crippen LogP contribution in [0.15, 0.2) is 54.6 Å². The number of hydrogen-bond acceptors (Lipinski definition) is 2. The number of halogens is 2. The molecule has 0 spiro atoms. The first-order valence-electron chi connectivity index (χ1n) is 6.51. The summed E-state index contributed by atoms with van der Waals surface area (Å²) in [5, 5.41) is 0.450. The molecule has 0 atom stereocenters. The highest BCUT2D eigenvalue weighted by molar-refractivity contribution is 5.86. The Balaban J connectivity index is 2.27. The molecule has 1 aromatic heterocycles. The minimum absolute atomic E-state index is 0.0125. The lowest BCUT2D eigenvalue weighted by molar-refractivity contribution is 0.153. The largest absolute Gasteiger partial charge is 0.497 e. The average Bonchev–Trinajstić information content (AvgIpc) is 2.53. The van der Waals surface area contributed by atoms with E-state index in [0.717, 1.165) is 5.56 Å². The molecule has 1 heterocycles. The summed E-state index contributed by atoms with van der Waals surface area (Å²) in [6.07, 6.45) is -2.55. The second-order valence-electron chi connectivity index (χ2n) is 4.65. The zero-order chi connectivity index (χ0) is 14.8. The van der Waals surface area contributed by atoms with Gasteiger partial charge in [0.15, 0.2) is 0 Å². The Hall–Kier alpha value is -2.49. The van der Waals surface area contributed by atoms with Crippen LogP contribution in [0.4, 0.5) is 8.78 Å². The molecule has 3 rings (SSSR count). The van der Waals surface area contributed by atoms with Crippen molar-refractivity contribution in [1.82, 2.24) is 4.98 Å². The Labute approximate surface area is 121 Å². The maximum Gasteiger partial charge on any atom is 0.264 e. The SMILES string of the molecule is COc1ccc2c(C(F)F)cc(-c3ccccc3)nc2c1. The normalized spacial score (nSPS) is 11.0. The first-order chi connectivity index (χ1) is 10.2. The van der Waals surface area contributed by atoms with E-state index in [9.17, 15) is 8.78 Å². The van der Waals surface area contributed by atoms with Crippen LogP contribution in [0.2, 0.25) is 0 Å². The van der Waals surface area contributed by atoms with Crippen LogP contribution in [-0.4, -0.2) is 12.1 Å². The first kappa shape index (κ1) is 13.5. The number of methoxy groups -OCH3 is 1. The van der Waals surface area contributed by atoms with Crippen molar-refractivity contribution in [3.05, 3.63) is 60.2 Å². The second-order valence-corrected chi connectivity index (χ2v) is 4.65. The quantitative estimate of drug-likeness (QED) is 0.686. The van der Waals surface area contributed by atoms with Gasteiger partial charge in [-0.3, -0.25) is 0 Å². The number of pyridine rings is 1. The van der Waals surface area contributed by atoms with E-state index in [1.54, 1.807) is 18.2 Å². The lowest BCUT2D eigenvalue weighted by atomic mass is 10.0. The van der Waals surface area contributed by atoms with Crippen LogP contribution in [0.25, 0.3) is 22.2 Å². The van der Waals surface area contributed by atoms with Crippen molar-refractivity contribution in [2.75, 3.05) is 7.11 Å². The lowest BCUT2D eigenvalue weighted by Crippen LogP contribution is -1.94. The van der Waals surface area contributed by atoms with Crippen molar-refractivity contribution in [3.63, 3.8) is 0 Å². The van der Waals surface area contributed by atoms with Crippen LogP contribution >= 0.6 is 0 Å². The maximum atomic E-state index is 13.3. The third-order valence-electron chi connectivity index (χ3n) is 3.35. The van der Waals surface area contributed by atoms with Gasteiger partial charge in [0.25, 0.3) is 6.43 Å². The summed E-state index contributed by atoms with van der Waals surface area (Å²) in [5.41, 5.74) is 1.84. The van der Waals surface area contributed by atoms with Crippen molar-refractivity contribution < 1.29 is 13.5 Å². The van der Waals surface area contributed by atoms with Crippen LogP contribution < -0.4 is 4.74 Å². The van der Waals surface area contributed by atoms with Gasteiger partial charge in [-0.05, 0) is 18.2 Å². The molecule has 0 bridgehead atoms. The Bertz CT molecular complexity index is 772. The third kappa shape index (κ3) is 2.57. The summed E-state index contributed by atoms with van der Waals surface area (Å²) in [7, 11) is 1.54. The Kier molecular flexibility index (Phi) is 3.52. The van der Waals surface area contributed by atoms with Crippen LogP contribution in [-0.2, 0) is 0 Å². The summed E-state index contributed by atoms with van der Waals surface area (Å²) < 4.78 is 31.8. The molecule has 2 aromatic carbocycles. The van der Waals surface area contributed by atoms with Gasteiger partial charge >= 0.3 is 0 Å². The van der Waals surface area contributed by atoms with Crippen LogP contribution in [0.3, 0.4) is 0 Å². The Morgan fingerprint density at radius 1 is 1.00 bits per heavy atom. The number of alkyl halides is 2. The van der Waals surface area contributed by atoms with Gasteiger partial charge in [-0.1, -0.05) is 30.3 Å². The summed E-state index contributed by atoms with van der Waals surface area (Å²) in [5.74, 6) is 0.598. The van der Waals surface area contributed by atoms with Gasteiger partial charge < -0.3 is 4.74 Å². The summed E-state index contributed by atoms with van der Waals surface area (Å²) in [6, 6.07) is 15.7. The van der Waals surface area contributed by atoms with E-state index < -0.39 is 6.43 Å². The molecule has 0 N–H and O–H groups in total. The maximum absolute atomic E-state index is 13.3. The van der Waals surface area contributed by atoms with Crippen molar-refractivity contribution in [1.29, 1.82) is 0 Å². The van der Waals surface area contributed by atoms with Crippen LogP contribution in [0, 0.1) is 0 Å². The number of nitrogens with zero attached hydrogens (tertiary/aromatic N) is 1. The van der Waals surface area contributed by atoms with E-state index >= 15 is 0 Å². The third-order valence-corrected chi connectivity index (χ3v) is 3.35. The van der Waals surface area contributed by atoms with E-state index in [-0.39, 0.29) is 5.56 Å². The van der Waals surface area contributed by atoms with E-state index in [1.807, 2.05) is 30.3 Å². The molecule has 0 saturated carbocycles. The molecule has 0 aliphatic heterocycles. The van der Waals surface area contributed by atoms with Gasteiger partial charge in [0.2, 0.25) is 0 Å². The molecular formula is C17H13F2NO. The highest BCUT2D eigenvalue weighted by Gasteiger charge is 2.15. The lowest BCUT2D eigenvalue weighted by Gasteiger charge is -2.10. The van der Waals surface area contributed by atoms with E-state index in [4.69, 9.17) is 4.74 Å². The molecule has 3 aromatic rings. The number of benzene rings is 2. The van der Waals surface area contributed by atoms with Crippen molar-refractivity contribution in [2.24, 2.45) is 0 Å². The fourth-order valence-corrected chi connectivity index (χ4v) is 2.30. The van der Waals surface area contributed by atoms with Crippen molar-refractivity contribution in [3.8, 4) is 17.0 Å². The molecule has 0 unspecified atom stereocenters. The molecule has 106 valence electrons. The minimum Gasteiger partial charge on any atom is -0.497 e. The van der Waals surface area contributed by atoms with E-state index in [0.29, 0.717) is 22.3 Å². The Morgan fingerprint density at radius 2 is 1.76 bits per heavy atom. The zero-order valence-corrected chi connectivity index (χ0v) is 11.4.